The van der Waals surface area contributed by atoms with E-state index < -0.39 is 10.4 Å². The Morgan fingerprint density at radius 2 is 1.57 bits per heavy atom. The molecule has 0 bridgehead atoms. The van der Waals surface area contributed by atoms with Gasteiger partial charge in [-0.2, -0.15) is 0 Å². The number of hydrogen-bond acceptors (Lipinski definition) is 5. The average molecular weight is 168 g/mol. The van der Waals surface area contributed by atoms with E-state index in [1.54, 1.807) is 0 Å². The first-order valence-corrected chi connectivity index (χ1v) is 2.17. The second kappa shape index (κ2) is 3.36. The summed E-state index contributed by atoms with van der Waals surface area (Å²) in [6.07, 6.45) is 0. The molecule has 0 unspecified atom stereocenters. The molecule has 0 amide bonds. The fourth-order valence-corrected chi connectivity index (χ4v) is 0. The van der Waals surface area contributed by atoms with Gasteiger partial charge < -0.3 is 14.1 Å². The maximum Gasteiger partial charge on any atom is 2.00 e. The molecule has 44 valence electrons. The Bertz CT molecular complexity index is 110. The Morgan fingerprint density at radius 3 is 1.57 bits per heavy atom. The van der Waals surface area contributed by atoms with Gasteiger partial charge in [-0.15, -0.1) is 0 Å². The van der Waals surface area contributed by atoms with Crippen molar-refractivity contribution in [3.05, 3.63) is 0 Å². The topological polar surface area (TPSA) is 89.5 Å². The molecule has 0 saturated heterocycles. The third-order valence-electron chi connectivity index (χ3n) is 0.0833. The van der Waals surface area contributed by atoms with Gasteiger partial charge in [0.15, 0.2) is 0 Å². The molecule has 0 atom stereocenters. The molecule has 0 spiro atoms. The summed E-state index contributed by atoms with van der Waals surface area (Å²) < 4.78 is 28.8. The van der Waals surface area contributed by atoms with E-state index in [0.29, 0.717) is 0 Å². The molecule has 0 heterocycles. The van der Waals surface area contributed by atoms with Gasteiger partial charge in [-0.1, -0.05) is 0 Å². The van der Waals surface area contributed by atoms with Crippen LogP contribution >= 0.6 is 0 Å². The monoisotopic (exact) mass is 168 g/mol. The molecule has 7 heteroatoms. The van der Waals surface area contributed by atoms with Gasteiger partial charge >= 0.3 is 17.1 Å². The predicted molar refractivity (Wildman–Crippen MR) is 10.8 cm³/mol. The average Bonchev–Trinajstić information content (AvgIpc) is 1.35. The van der Waals surface area contributed by atoms with Crippen molar-refractivity contribution in [3.8, 4) is 0 Å². The van der Waals surface area contributed by atoms with E-state index >= 15 is 0 Å². The SMILES string of the molecule is O=S(=O)([O-])O[O-].[Fe+2]. The zero-order valence-corrected chi connectivity index (χ0v) is 4.72. The zero-order chi connectivity index (χ0) is 5.21. The molecule has 5 nitrogen and oxygen atoms in total. The van der Waals surface area contributed by atoms with Gasteiger partial charge in [0.2, 0.25) is 10.4 Å². The van der Waals surface area contributed by atoms with Gasteiger partial charge in [-0.25, -0.2) is 8.42 Å². The molecule has 0 rings (SSSR count). The predicted octanol–water partition coefficient (Wildman–Crippen LogP) is -2.26. The van der Waals surface area contributed by atoms with Crippen LogP contribution in [-0.2, 0) is 31.8 Å². The molecular weight excluding hydrogens is 168 g/mol. The van der Waals surface area contributed by atoms with E-state index in [9.17, 15) is 0 Å². The van der Waals surface area contributed by atoms with Crippen LogP contribution in [0.1, 0.15) is 0 Å². The first-order valence-electron chi connectivity index (χ1n) is 0.833. The van der Waals surface area contributed by atoms with Crippen LogP contribution in [0.15, 0.2) is 0 Å². The van der Waals surface area contributed by atoms with Gasteiger partial charge in [0.1, 0.15) is 0 Å². The Morgan fingerprint density at radius 1 is 1.43 bits per heavy atom. The number of rotatable bonds is 1. The van der Waals surface area contributed by atoms with Crippen LogP contribution in [-0.4, -0.2) is 13.0 Å². The Labute approximate surface area is 50.6 Å². The van der Waals surface area contributed by atoms with Crippen molar-refractivity contribution in [2.75, 3.05) is 0 Å². The molecule has 0 N–H and O–H groups in total. The largest absolute Gasteiger partial charge is 2.00 e. The van der Waals surface area contributed by atoms with Crippen molar-refractivity contribution in [1.82, 2.24) is 0 Å². The van der Waals surface area contributed by atoms with Crippen LogP contribution in [0, 0.1) is 0 Å². The van der Waals surface area contributed by atoms with E-state index in [-0.39, 0.29) is 17.1 Å². The molecule has 0 fully saturated rings. The summed E-state index contributed by atoms with van der Waals surface area (Å²) >= 11 is 0. The van der Waals surface area contributed by atoms with Crippen molar-refractivity contribution in [2.24, 2.45) is 0 Å². The first-order chi connectivity index (χ1) is 2.56. The van der Waals surface area contributed by atoms with Gasteiger partial charge in [0.25, 0.3) is 0 Å². The van der Waals surface area contributed by atoms with Crippen LogP contribution in [0.25, 0.3) is 0 Å². The minimum absolute atomic E-state index is 0. The molecule has 0 aromatic rings. The summed E-state index contributed by atoms with van der Waals surface area (Å²) in [5.74, 6) is 0. The number of hydrogen-bond donors (Lipinski definition) is 0. The van der Waals surface area contributed by atoms with E-state index in [2.05, 4.69) is 4.33 Å². The molecular formula is FeO5S. The first kappa shape index (κ1) is 10.4. The summed E-state index contributed by atoms with van der Waals surface area (Å²) in [6, 6.07) is 0. The second-order valence-corrected chi connectivity index (χ2v) is 1.43. The van der Waals surface area contributed by atoms with Gasteiger partial charge in [0.05, 0.1) is 0 Å². The van der Waals surface area contributed by atoms with E-state index in [1.165, 1.54) is 0 Å². The van der Waals surface area contributed by atoms with Crippen LogP contribution in [0.4, 0.5) is 0 Å². The normalized spacial score (nSPS) is 10.0. The van der Waals surface area contributed by atoms with Crippen molar-refractivity contribution < 1.29 is 39.6 Å². The fraction of sp³-hybridized carbons (Fsp3) is 0. The molecule has 0 radical (unpaired) electrons. The second-order valence-electron chi connectivity index (χ2n) is 0.476. The Kier molecular flexibility index (Phi) is 4.98. The molecule has 0 aromatic carbocycles. The quantitative estimate of drug-likeness (QED) is 0.145. The van der Waals surface area contributed by atoms with Crippen LogP contribution in [0.5, 0.6) is 0 Å². The summed E-state index contributed by atoms with van der Waals surface area (Å²) in [5.41, 5.74) is 0. The summed E-state index contributed by atoms with van der Waals surface area (Å²) in [7, 11) is -4.97. The van der Waals surface area contributed by atoms with Crippen molar-refractivity contribution in [1.29, 1.82) is 0 Å². The van der Waals surface area contributed by atoms with Crippen LogP contribution in [0.2, 0.25) is 0 Å². The summed E-state index contributed by atoms with van der Waals surface area (Å²) in [6.45, 7) is 0. The molecule has 0 aliphatic rings. The third kappa shape index (κ3) is 10.7. The van der Waals surface area contributed by atoms with Crippen LogP contribution < -0.4 is 5.26 Å². The van der Waals surface area contributed by atoms with E-state index in [0.717, 1.165) is 0 Å². The molecule has 0 aliphatic heterocycles. The maximum atomic E-state index is 8.91. The van der Waals surface area contributed by atoms with Gasteiger partial charge in [-0.3, -0.25) is 0 Å². The van der Waals surface area contributed by atoms with Crippen molar-refractivity contribution in [2.45, 2.75) is 0 Å². The van der Waals surface area contributed by atoms with Gasteiger partial charge in [0, 0.05) is 0 Å². The van der Waals surface area contributed by atoms with E-state index in [1.807, 2.05) is 0 Å². The maximum absolute atomic E-state index is 8.91. The molecule has 7 heavy (non-hydrogen) atoms. The summed E-state index contributed by atoms with van der Waals surface area (Å²) in [4.78, 5) is 0. The van der Waals surface area contributed by atoms with E-state index in [4.69, 9.17) is 18.2 Å². The Balaban J connectivity index is 0. The minimum atomic E-state index is -4.97. The Hall–Kier alpha value is 0.349. The minimum Gasteiger partial charge on any atom is -0.726 e. The molecule has 0 saturated carbocycles. The standard InChI is InChI=1S/Fe.H2O5S/c;1-5-6(2,3)4/h;1H,(H,2,3,4)/q+2;/p-2. The molecule has 0 aromatic heterocycles. The smallest absolute Gasteiger partial charge is 0.726 e. The fourth-order valence-electron chi connectivity index (χ4n) is 0. The van der Waals surface area contributed by atoms with Crippen LogP contribution in [0.3, 0.4) is 0 Å². The zero-order valence-electron chi connectivity index (χ0n) is 2.80. The van der Waals surface area contributed by atoms with Crippen molar-refractivity contribution >= 4 is 10.4 Å². The third-order valence-corrected chi connectivity index (χ3v) is 0.250. The molecule has 0 aliphatic carbocycles. The van der Waals surface area contributed by atoms with Crippen molar-refractivity contribution in [3.63, 3.8) is 0 Å². The summed E-state index contributed by atoms with van der Waals surface area (Å²) in [5, 5.41) is 8.55. The van der Waals surface area contributed by atoms with Gasteiger partial charge in [-0.05, 0) is 0 Å².